The van der Waals surface area contributed by atoms with Crippen molar-refractivity contribution >= 4 is 5.91 Å². The third-order valence-corrected chi connectivity index (χ3v) is 2.96. The van der Waals surface area contributed by atoms with Crippen molar-refractivity contribution in [2.24, 2.45) is 0 Å². The average molecular weight is 274 g/mol. The molecule has 1 amide bonds. The van der Waals surface area contributed by atoms with E-state index in [2.05, 4.69) is 22.1 Å². The molecule has 1 fully saturated rings. The highest BCUT2D eigenvalue weighted by Gasteiger charge is 2.17. The van der Waals surface area contributed by atoms with Crippen molar-refractivity contribution in [1.82, 2.24) is 10.3 Å². The van der Waals surface area contributed by atoms with Crippen molar-refractivity contribution in [2.45, 2.75) is 25.3 Å². The van der Waals surface area contributed by atoms with E-state index in [1.54, 1.807) is 18.3 Å². The standard InChI is InChI=1S/C15H18N2O3/c18-8-2-1-4-12-6-7-14(16-10-12)15(19)17-13-5-3-9-20-11-13/h6-7,10,13,18H,2-3,5,8-9,11H2,(H,17,19). The largest absolute Gasteiger partial charge is 0.395 e. The molecule has 1 aliphatic rings. The summed E-state index contributed by atoms with van der Waals surface area (Å²) in [5.74, 6) is 5.49. The van der Waals surface area contributed by atoms with E-state index in [-0.39, 0.29) is 18.6 Å². The number of aliphatic hydroxyl groups is 1. The summed E-state index contributed by atoms with van der Waals surface area (Å²) in [5.41, 5.74) is 1.11. The molecule has 0 bridgehead atoms. The van der Waals surface area contributed by atoms with Gasteiger partial charge in [-0.05, 0) is 25.0 Å². The molecule has 1 atom stereocenters. The van der Waals surface area contributed by atoms with Crippen molar-refractivity contribution in [2.75, 3.05) is 19.8 Å². The molecule has 1 aliphatic heterocycles. The van der Waals surface area contributed by atoms with Crippen molar-refractivity contribution in [3.8, 4) is 11.8 Å². The Morgan fingerprint density at radius 3 is 3.10 bits per heavy atom. The van der Waals surface area contributed by atoms with Crippen LogP contribution in [0.4, 0.5) is 0 Å². The van der Waals surface area contributed by atoms with E-state index in [0.717, 1.165) is 25.0 Å². The molecule has 0 saturated carbocycles. The molecule has 5 nitrogen and oxygen atoms in total. The first-order valence-electron chi connectivity index (χ1n) is 6.74. The SMILES string of the molecule is O=C(NC1CCCOC1)c1ccc(C#CCCO)cn1. The number of amides is 1. The molecule has 1 aromatic rings. The Labute approximate surface area is 118 Å². The molecule has 0 aromatic carbocycles. The Balaban J connectivity index is 1.92. The number of carbonyl (C=O) groups excluding carboxylic acids is 1. The first-order valence-corrected chi connectivity index (χ1v) is 6.74. The first kappa shape index (κ1) is 14.5. The molecular formula is C15H18N2O3. The zero-order valence-corrected chi connectivity index (χ0v) is 11.3. The lowest BCUT2D eigenvalue weighted by Gasteiger charge is -2.22. The number of carbonyl (C=O) groups is 1. The molecule has 20 heavy (non-hydrogen) atoms. The highest BCUT2D eigenvalue weighted by Crippen LogP contribution is 2.07. The summed E-state index contributed by atoms with van der Waals surface area (Å²) in [6, 6.07) is 3.48. The fourth-order valence-electron chi connectivity index (χ4n) is 1.94. The van der Waals surface area contributed by atoms with Gasteiger partial charge in [-0.15, -0.1) is 0 Å². The van der Waals surface area contributed by atoms with Crippen LogP contribution < -0.4 is 5.32 Å². The lowest BCUT2D eigenvalue weighted by Crippen LogP contribution is -2.40. The summed E-state index contributed by atoms with van der Waals surface area (Å²) in [4.78, 5) is 16.1. The predicted molar refractivity (Wildman–Crippen MR) is 74.1 cm³/mol. The van der Waals surface area contributed by atoms with Crippen LogP contribution in [0.1, 0.15) is 35.3 Å². The molecular weight excluding hydrogens is 256 g/mol. The number of aromatic nitrogens is 1. The van der Waals surface area contributed by atoms with Crippen LogP contribution in [0.15, 0.2) is 18.3 Å². The van der Waals surface area contributed by atoms with E-state index in [1.165, 1.54) is 0 Å². The summed E-state index contributed by atoms with van der Waals surface area (Å²) in [7, 11) is 0. The summed E-state index contributed by atoms with van der Waals surface area (Å²) >= 11 is 0. The molecule has 0 aliphatic carbocycles. The third-order valence-electron chi connectivity index (χ3n) is 2.96. The number of hydrogen-bond donors (Lipinski definition) is 2. The second-order valence-electron chi connectivity index (χ2n) is 4.60. The summed E-state index contributed by atoms with van der Waals surface area (Å²) in [5, 5.41) is 11.5. The maximum atomic E-state index is 12.0. The van der Waals surface area contributed by atoms with E-state index in [9.17, 15) is 4.79 Å². The van der Waals surface area contributed by atoms with Crippen LogP contribution in [-0.4, -0.2) is 41.9 Å². The van der Waals surface area contributed by atoms with Crippen LogP contribution in [0, 0.1) is 11.8 Å². The smallest absolute Gasteiger partial charge is 0.270 e. The predicted octanol–water partition coefficient (Wildman–Crippen LogP) is 0.724. The van der Waals surface area contributed by atoms with Crippen LogP contribution in [0.25, 0.3) is 0 Å². The van der Waals surface area contributed by atoms with Gasteiger partial charge in [0.15, 0.2) is 0 Å². The molecule has 1 aromatic heterocycles. The number of nitrogens with one attached hydrogen (secondary N) is 1. The molecule has 2 N–H and O–H groups in total. The number of rotatable bonds is 3. The first-order chi connectivity index (χ1) is 9.79. The number of ether oxygens (including phenoxy) is 1. The second kappa shape index (κ2) is 7.63. The van der Waals surface area contributed by atoms with E-state index in [1.807, 2.05) is 0 Å². The zero-order valence-electron chi connectivity index (χ0n) is 11.3. The fourth-order valence-corrected chi connectivity index (χ4v) is 1.94. The quantitative estimate of drug-likeness (QED) is 0.797. The molecule has 5 heteroatoms. The van der Waals surface area contributed by atoms with Crippen molar-refractivity contribution < 1.29 is 14.6 Å². The van der Waals surface area contributed by atoms with Gasteiger partial charge >= 0.3 is 0 Å². The third kappa shape index (κ3) is 4.34. The molecule has 0 radical (unpaired) electrons. The second-order valence-corrected chi connectivity index (χ2v) is 4.60. The van der Waals surface area contributed by atoms with Crippen LogP contribution in [0.3, 0.4) is 0 Å². The van der Waals surface area contributed by atoms with Gasteiger partial charge in [0.2, 0.25) is 0 Å². The van der Waals surface area contributed by atoms with E-state index >= 15 is 0 Å². The monoisotopic (exact) mass is 274 g/mol. The number of pyridine rings is 1. The highest BCUT2D eigenvalue weighted by molar-refractivity contribution is 5.92. The van der Waals surface area contributed by atoms with Gasteiger partial charge in [-0.1, -0.05) is 11.8 Å². The Hall–Kier alpha value is -1.90. The van der Waals surface area contributed by atoms with Crippen molar-refractivity contribution in [1.29, 1.82) is 0 Å². The molecule has 1 saturated heterocycles. The Morgan fingerprint density at radius 2 is 2.45 bits per heavy atom. The van der Waals surface area contributed by atoms with Crippen molar-refractivity contribution in [3.05, 3.63) is 29.6 Å². The summed E-state index contributed by atoms with van der Waals surface area (Å²) in [6.45, 7) is 1.38. The van der Waals surface area contributed by atoms with E-state index in [4.69, 9.17) is 9.84 Å². The zero-order chi connectivity index (χ0) is 14.2. The number of nitrogens with zero attached hydrogens (tertiary/aromatic N) is 1. The van der Waals surface area contributed by atoms with Gasteiger partial charge < -0.3 is 15.2 Å². The average Bonchev–Trinajstić information content (AvgIpc) is 2.49. The van der Waals surface area contributed by atoms with Gasteiger partial charge in [0.25, 0.3) is 5.91 Å². The summed E-state index contributed by atoms with van der Waals surface area (Å²) in [6.07, 6.45) is 3.91. The number of hydrogen-bond acceptors (Lipinski definition) is 4. The normalized spacial score (nSPS) is 17.9. The molecule has 1 unspecified atom stereocenters. The number of aliphatic hydroxyl groups excluding tert-OH is 1. The topological polar surface area (TPSA) is 71.5 Å². The molecule has 0 spiro atoms. The lowest BCUT2D eigenvalue weighted by molar-refractivity contribution is 0.0622. The summed E-state index contributed by atoms with van der Waals surface area (Å²) < 4.78 is 5.32. The maximum absolute atomic E-state index is 12.0. The minimum atomic E-state index is -0.185. The fraction of sp³-hybridized carbons (Fsp3) is 0.467. The van der Waals surface area contributed by atoms with Crippen LogP contribution in [-0.2, 0) is 4.74 Å². The van der Waals surface area contributed by atoms with Gasteiger partial charge in [-0.2, -0.15) is 0 Å². The molecule has 2 heterocycles. The van der Waals surface area contributed by atoms with Crippen LogP contribution >= 0.6 is 0 Å². The molecule has 106 valence electrons. The molecule has 2 rings (SSSR count). The lowest BCUT2D eigenvalue weighted by atomic mass is 10.1. The Kier molecular flexibility index (Phi) is 5.54. The van der Waals surface area contributed by atoms with Crippen LogP contribution in [0.2, 0.25) is 0 Å². The van der Waals surface area contributed by atoms with Crippen molar-refractivity contribution in [3.63, 3.8) is 0 Å². The Morgan fingerprint density at radius 1 is 1.55 bits per heavy atom. The Bertz CT molecular complexity index is 496. The van der Waals surface area contributed by atoms with Gasteiger partial charge in [0, 0.05) is 24.8 Å². The van der Waals surface area contributed by atoms with E-state index in [0.29, 0.717) is 18.7 Å². The van der Waals surface area contributed by atoms with Gasteiger partial charge in [0.05, 0.1) is 19.3 Å². The highest BCUT2D eigenvalue weighted by atomic mass is 16.5. The maximum Gasteiger partial charge on any atom is 0.270 e. The minimum absolute atomic E-state index is 0.0460. The minimum Gasteiger partial charge on any atom is -0.395 e. The van der Waals surface area contributed by atoms with Gasteiger partial charge in [0.1, 0.15) is 5.69 Å². The van der Waals surface area contributed by atoms with Gasteiger partial charge in [-0.3, -0.25) is 4.79 Å². The van der Waals surface area contributed by atoms with Crippen LogP contribution in [0.5, 0.6) is 0 Å². The van der Waals surface area contributed by atoms with E-state index < -0.39 is 0 Å². The van der Waals surface area contributed by atoms with Gasteiger partial charge in [-0.25, -0.2) is 4.98 Å².